The van der Waals surface area contributed by atoms with Crippen LogP contribution in [-0.4, -0.2) is 48.5 Å². The number of methoxy groups -OCH3 is 3. The van der Waals surface area contributed by atoms with Gasteiger partial charge >= 0.3 is 11.9 Å². The van der Waals surface area contributed by atoms with Gasteiger partial charge in [0.15, 0.2) is 11.5 Å². The Morgan fingerprint density at radius 2 is 1.37 bits per heavy atom. The van der Waals surface area contributed by atoms with Crippen LogP contribution >= 0.6 is 0 Å². The van der Waals surface area contributed by atoms with Crippen LogP contribution in [0.5, 0.6) is 17.2 Å². The molecule has 0 saturated heterocycles. The molecule has 0 atom stereocenters. The molecule has 1 heterocycles. The molecule has 0 aliphatic heterocycles. The Kier molecular flexibility index (Phi) is 9.10. The molecule has 9 nitrogen and oxygen atoms in total. The monoisotopic (exact) mass is 378 g/mol. The summed E-state index contributed by atoms with van der Waals surface area (Å²) >= 11 is 0. The minimum atomic E-state index is -1.82. The second-order valence-electron chi connectivity index (χ2n) is 5.10. The first-order valence-corrected chi connectivity index (χ1v) is 7.77. The highest BCUT2D eigenvalue weighted by molar-refractivity contribution is 6.27. The van der Waals surface area contributed by atoms with Crippen LogP contribution in [0, 0.1) is 0 Å². The van der Waals surface area contributed by atoms with Gasteiger partial charge in [-0.1, -0.05) is 0 Å². The van der Waals surface area contributed by atoms with Crippen LogP contribution in [0.4, 0.5) is 0 Å². The molecule has 146 valence electrons. The minimum absolute atomic E-state index is 0.609. The van der Waals surface area contributed by atoms with Crippen LogP contribution in [-0.2, 0) is 22.7 Å². The Balaban J connectivity index is 0.000000527. The van der Waals surface area contributed by atoms with Crippen molar-refractivity contribution in [3.63, 3.8) is 0 Å². The number of nitrogens with one attached hydrogen (secondary N) is 1. The molecule has 2 rings (SSSR count). The first-order chi connectivity index (χ1) is 12.9. The average Bonchev–Trinajstić information content (AvgIpc) is 2.68. The minimum Gasteiger partial charge on any atom is -0.493 e. The van der Waals surface area contributed by atoms with E-state index in [1.165, 1.54) is 5.56 Å². The lowest BCUT2D eigenvalue weighted by Crippen LogP contribution is -2.13. The molecule has 0 unspecified atom stereocenters. The first kappa shape index (κ1) is 21.7. The van der Waals surface area contributed by atoms with Crippen LogP contribution in [0.15, 0.2) is 36.7 Å². The van der Waals surface area contributed by atoms with Crippen molar-refractivity contribution in [1.82, 2.24) is 10.3 Å². The number of pyridine rings is 1. The maximum atomic E-state index is 9.10. The maximum Gasteiger partial charge on any atom is 0.414 e. The van der Waals surface area contributed by atoms with Gasteiger partial charge in [0.25, 0.3) is 0 Å². The highest BCUT2D eigenvalue weighted by atomic mass is 16.5. The highest BCUT2D eigenvalue weighted by Crippen LogP contribution is 2.38. The summed E-state index contributed by atoms with van der Waals surface area (Å²) in [4.78, 5) is 22.2. The molecule has 3 N–H and O–H groups in total. The zero-order valence-corrected chi connectivity index (χ0v) is 15.3. The number of benzene rings is 1. The first-order valence-electron chi connectivity index (χ1n) is 7.77. The van der Waals surface area contributed by atoms with Crippen LogP contribution in [0.1, 0.15) is 11.1 Å². The zero-order valence-electron chi connectivity index (χ0n) is 15.3. The third-order valence-corrected chi connectivity index (χ3v) is 3.32. The average molecular weight is 378 g/mol. The van der Waals surface area contributed by atoms with Gasteiger partial charge in [0.1, 0.15) is 0 Å². The normalized spacial score (nSPS) is 9.59. The van der Waals surface area contributed by atoms with Gasteiger partial charge in [0.05, 0.1) is 21.3 Å². The van der Waals surface area contributed by atoms with Crippen LogP contribution in [0.3, 0.4) is 0 Å². The van der Waals surface area contributed by atoms with Gasteiger partial charge in [-0.05, 0) is 35.4 Å². The van der Waals surface area contributed by atoms with E-state index in [0.717, 1.165) is 12.1 Å². The number of rotatable bonds is 7. The number of ether oxygens (including phenoxy) is 3. The maximum absolute atomic E-state index is 9.10. The molecule has 0 aliphatic carbocycles. The van der Waals surface area contributed by atoms with Gasteiger partial charge in [-0.25, -0.2) is 9.59 Å². The molecule has 1 aromatic heterocycles. The van der Waals surface area contributed by atoms with E-state index in [1.807, 2.05) is 24.3 Å². The van der Waals surface area contributed by atoms with Gasteiger partial charge in [-0.2, -0.15) is 0 Å². The second kappa shape index (κ2) is 11.3. The Morgan fingerprint density at radius 3 is 1.78 bits per heavy atom. The Bertz CT molecular complexity index is 714. The fourth-order valence-corrected chi connectivity index (χ4v) is 2.09. The number of carboxylic acid groups (broad SMARTS) is 2. The molecule has 1 aromatic carbocycles. The second-order valence-corrected chi connectivity index (χ2v) is 5.10. The number of hydrogen-bond acceptors (Lipinski definition) is 7. The predicted molar refractivity (Wildman–Crippen MR) is 96.2 cm³/mol. The quantitative estimate of drug-likeness (QED) is 0.615. The van der Waals surface area contributed by atoms with E-state index in [-0.39, 0.29) is 0 Å². The molecule has 9 heteroatoms. The van der Waals surface area contributed by atoms with E-state index >= 15 is 0 Å². The van der Waals surface area contributed by atoms with Crippen molar-refractivity contribution >= 4 is 11.9 Å². The van der Waals surface area contributed by atoms with Gasteiger partial charge in [0, 0.05) is 25.5 Å². The van der Waals surface area contributed by atoms with E-state index in [2.05, 4.69) is 10.3 Å². The van der Waals surface area contributed by atoms with Gasteiger partial charge in [-0.3, -0.25) is 4.98 Å². The topological polar surface area (TPSA) is 127 Å². The van der Waals surface area contributed by atoms with Crippen molar-refractivity contribution in [2.24, 2.45) is 0 Å². The molecule has 0 bridgehead atoms. The summed E-state index contributed by atoms with van der Waals surface area (Å²) < 4.78 is 16.0. The smallest absolute Gasteiger partial charge is 0.414 e. The summed E-state index contributed by atoms with van der Waals surface area (Å²) in [5.41, 5.74) is 2.26. The van der Waals surface area contributed by atoms with E-state index in [9.17, 15) is 0 Å². The van der Waals surface area contributed by atoms with E-state index in [0.29, 0.717) is 23.8 Å². The van der Waals surface area contributed by atoms with Crippen molar-refractivity contribution in [2.45, 2.75) is 13.1 Å². The lowest BCUT2D eigenvalue weighted by Gasteiger charge is -2.14. The van der Waals surface area contributed by atoms with Gasteiger partial charge < -0.3 is 29.7 Å². The number of aliphatic carboxylic acids is 2. The summed E-state index contributed by atoms with van der Waals surface area (Å²) in [6.07, 6.45) is 3.58. The van der Waals surface area contributed by atoms with Gasteiger partial charge in [-0.15, -0.1) is 0 Å². The standard InChI is InChI=1S/C16H20N2O3.C2H2O4/c1-19-14-8-13(9-15(20-2)16(14)21-3)11-18-10-12-4-6-17-7-5-12;3-1(4)2(5)6/h4-9,18H,10-11H2,1-3H3;(H,3,4)(H,5,6). The molecule has 0 amide bonds. The third-order valence-electron chi connectivity index (χ3n) is 3.32. The summed E-state index contributed by atoms with van der Waals surface area (Å²) in [5.74, 6) is -1.71. The lowest BCUT2D eigenvalue weighted by molar-refractivity contribution is -0.159. The highest BCUT2D eigenvalue weighted by Gasteiger charge is 2.12. The SMILES string of the molecule is COc1cc(CNCc2ccncc2)cc(OC)c1OC.O=C(O)C(=O)O. The van der Waals surface area contributed by atoms with Crippen molar-refractivity contribution in [3.8, 4) is 17.2 Å². The van der Waals surface area contributed by atoms with Crippen LogP contribution < -0.4 is 19.5 Å². The number of aromatic nitrogens is 1. The van der Waals surface area contributed by atoms with Gasteiger partial charge in [0.2, 0.25) is 5.75 Å². The van der Waals surface area contributed by atoms with Crippen molar-refractivity contribution < 1.29 is 34.0 Å². The molecule has 0 spiro atoms. The fraction of sp³-hybridized carbons (Fsp3) is 0.278. The molecule has 0 aliphatic rings. The van der Waals surface area contributed by atoms with Crippen molar-refractivity contribution in [2.75, 3.05) is 21.3 Å². The number of nitrogens with zero attached hydrogens (tertiary/aromatic N) is 1. The largest absolute Gasteiger partial charge is 0.493 e. The molecular formula is C18H22N2O7. The van der Waals surface area contributed by atoms with Crippen molar-refractivity contribution in [3.05, 3.63) is 47.8 Å². The number of carboxylic acids is 2. The predicted octanol–water partition coefficient (Wildman–Crippen LogP) is 1.55. The fourth-order valence-electron chi connectivity index (χ4n) is 2.09. The van der Waals surface area contributed by atoms with E-state index < -0.39 is 11.9 Å². The molecule has 0 radical (unpaired) electrons. The molecule has 27 heavy (non-hydrogen) atoms. The molecule has 0 saturated carbocycles. The summed E-state index contributed by atoms with van der Waals surface area (Å²) in [5, 5.41) is 18.2. The molecule has 0 fully saturated rings. The zero-order chi connectivity index (χ0) is 20.2. The number of carbonyl (C=O) groups is 2. The van der Waals surface area contributed by atoms with Crippen LogP contribution in [0.2, 0.25) is 0 Å². The van der Waals surface area contributed by atoms with Crippen molar-refractivity contribution in [1.29, 1.82) is 0 Å². The summed E-state index contributed by atoms with van der Waals surface area (Å²) in [6.45, 7) is 1.48. The third kappa shape index (κ3) is 7.20. The Morgan fingerprint density at radius 1 is 0.889 bits per heavy atom. The van der Waals surface area contributed by atoms with E-state index in [1.54, 1.807) is 33.7 Å². The molecule has 2 aromatic rings. The van der Waals surface area contributed by atoms with E-state index in [4.69, 9.17) is 34.0 Å². The lowest BCUT2D eigenvalue weighted by atomic mass is 10.1. The Labute approximate surface area is 156 Å². The van der Waals surface area contributed by atoms with Crippen LogP contribution in [0.25, 0.3) is 0 Å². The Hall–Kier alpha value is -3.33. The summed E-state index contributed by atoms with van der Waals surface area (Å²) in [7, 11) is 4.83. The molecular weight excluding hydrogens is 356 g/mol. The number of hydrogen-bond donors (Lipinski definition) is 3. The summed E-state index contributed by atoms with van der Waals surface area (Å²) in [6, 6.07) is 7.87.